The number of hydrogen-bond donors (Lipinski definition) is 0. The molecule has 51 heavy (non-hydrogen) atoms. The molecule has 2 heterocycles. The fourth-order valence-electron chi connectivity index (χ4n) is 7.25. The van der Waals surface area contributed by atoms with Gasteiger partial charge in [0.05, 0.1) is 17.1 Å². The van der Waals surface area contributed by atoms with E-state index in [9.17, 15) is 0 Å². The van der Waals surface area contributed by atoms with Crippen LogP contribution in [0.3, 0.4) is 0 Å². The van der Waals surface area contributed by atoms with E-state index in [1.165, 1.54) is 32.5 Å². The molecule has 7 aromatic carbocycles. The van der Waals surface area contributed by atoms with Crippen LogP contribution in [0.15, 0.2) is 171 Å². The van der Waals surface area contributed by atoms with Crippen LogP contribution < -0.4 is 0 Å². The lowest BCUT2D eigenvalue weighted by Gasteiger charge is -2.16. The number of aromatic nitrogens is 3. The molecule has 0 saturated heterocycles. The van der Waals surface area contributed by atoms with Crippen LogP contribution in [0.25, 0.3) is 94.3 Å². The van der Waals surface area contributed by atoms with Crippen LogP contribution >= 0.6 is 0 Å². The van der Waals surface area contributed by atoms with Crippen LogP contribution in [0.5, 0.6) is 0 Å². The molecule has 0 aliphatic heterocycles. The maximum absolute atomic E-state index is 5.32. The summed E-state index contributed by atoms with van der Waals surface area (Å²) in [5, 5.41) is 9.42. The minimum Gasteiger partial charge on any atom is -0.256 e. The summed E-state index contributed by atoms with van der Waals surface area (Å²) in [4.78, 5) is 15.4. The fraction of sp³-hybridized carbons (Fsp3) is 0.0208. The van der Waals surface area contributed by atoms with Gasteiger partial charge in [-0.05, 0) is 80.0 Å². The molecule has 0 amide bonds. The molecule has 3 heteroatoms. The molecular formula is C48H33N3. The van der Waals surface area contributed by atoms with Crippen LogP contribution in [-0.2, 0) is 0 Å². The molecule has 9 aromatic rings. The Hall–Kier alpha value is -6.71. The minimum absolute atomic E-state index is 0.672. The highest BCUT2D eigenvalue weighted by Crippen LogP contribution is 2.39. The van der Waals surface area contributed by atoms with Crippen LogP contribution in [0.2, 0.25) is 0 Å². The molecule has 0 radical (unpaired) electrons. The number of allylic oxidation sites excluding steroid dienone is 2. The lowest BCUT2D eigenvalue weighted by Crippen LogP contribution is -1.98. The Bertz CT molecular complexity index is 2830. The number of hydrogen-bond acceptors (Lipinski definition) is 3. The molecule has 0 saturated carbocycles. The van der Waals surface area contributed by atoms with Gasteiger partial charge in [0.25, 0.3) is 0 Å². The minimum atomic E-state index is 0.672. The Kier molecular flexibility index (Phi) is 7.52. The molecule has 240 valence electrons. The van der Waals surface area contributed by atoms with Crippen molar-refractivity contribution >= 4 is 49.2 Å². The van der Waals surface area contributed by atoms with Gasteiger partial charge in [0.15, 0.2) is 5.82 Å². The standard InChI is InChI=1S/C48H33N3/c1-3-4-13-34-26-43(40-19-10-9-17-38(40)31(34)2)46-29-47(44-27-36-15-7-8-18-39(36)41-20-11-12-21-42(41)44)51-48(50-46)33-24-22-32(23-25-33)45-28-35-14-5-6-16-37(35)30-49-45/h3-30H,1H2,2H3/b13-4-. The van der Waals surface area contributed by atoms with Crippen molar-refractivity contribution in [1.82, 2.24) is 15.0 Å². The maximum Gasteiger partial charge on any atom is 0.160 e. The third-order valence-electron chi connectivity index (χ3n) is 9.88. The number of benzene rings is 7. The van der Waals surface area contributed by atoms with Crippen molar-refractivity contribution in [2.75, 3.05) is 0 Å². The van der Waals surface area contributed by atoms with Crippen molar-refractivity contribution in [3.8, 4) is 45.2 Å². The summed E-state index contributed by atoms with van der Waals surface area (Å²) in [5.41, 5.74) is 9.17. The zero-order chi connectivity index (χ0) is 34.3. The van der Waals surface area contributed by atoms with Gasteiger partial charge in [-0.2, -0.15) is 0 Å². The quantitative estimate of drug-likeness (QED) is 0.133. The van der Waals surface area contributed by atoms with Crippen LogP contribution in [0.4, 0.5) is 0 Å². The van der Waals surface area contributed by atoms with Crippen molar-refractivity contribution in [2.45, 2.75) is 6.92 Å². The second-order valence-corrected chi connectivity index (χ2v) is 12.9. The number of rotatable bonds is 6. The van der Waals surface area contributed by atoms with E-state index in [0.717, 1.165) is 61.1 Å². The summed E-state index contributed by atoms with van der Waals surface area (Å²) in [7, 11) is 0. The van der Waals surface area contributed by atoms with Crippen LogP contribution in [0.1, 0.15) is 11.1 Å². The molecular weight excluding hydrogens is 619 g/mol. The highest BCUT2D eigenvalue weighted by molar-refractivity contribution is 6.13. The molecule has 0 fully saturated rings. The second kappa shape index (κ2) is 12.6. The zero-order valence-corrected chi connectivity index (χ0v) is 28.2. The first kappa shape index (κ1) is 30.4. The van der Waals surface area contributed by atoms with E-state index in [-0.39, 0.29) is 0 Å². The smallest absolute Gasteiger partial charge is 0.160 e. The van der Waals surface area contributed by atoms with Gasteiger partial charge in [0.1, 0.15) is 0 Å². The molecule has 0 N–H and O–H groups in total. The molecule has 0 bridgehead atoms. The van der Waals surface area contributed by atoms with E-state index in [1.54, 1.807) is 0 Å². The number of nitrogens with zero attached hydrogens (tertiary/aromatic N) is 3. The van der Waals surface area contributed by atoms with Gasteiger partial charge in [-0.15, -0.1) is 0 Å². The molecule has 0 spiro atoms. The summed E-state index contributed by atoms with van der Waals surface area (Å²) in [6.07, 6.45) is 7.87. The molecule has 0 unspecified atom stereocenters. The van der Waals surface area contributed by atoms with Gasteiger partial charge < -0.3 is 0 Å². The first-order chi connectivity index (χ1) is 25.1. The third-order valence-corrected chi connectivity index (χ3v) is 9.88. The molecule has 0 atom stereocenters. The summed E-state index contributed by atoms with van der Waals surface area (Å²) < 4.78 is 0. The molecule has 2 aromatic heterocycles. The van der Waals surface area contributed by atoms with Crippen molar-refractivity contribution < 1.29 is 0 Å². The molecule has 0 aliphatic rings. The highest BCUT2D eigenvalue weighted by Gasteiger charge is 2.17. The van der Waals surface area contributed by atoms with Crippen LogP contribution in [0, 0.1) is 6.92 Å². The SMILES string of the molecule is C=C/C=C\c1cc(-c2cc(-c3cc4ccccc4c4ccccc34)nc(-c3ccc(-c4cc5ccccc5cn4)cc3)n2)c2ccccc2c1C. The Labute approximate surface area is 296 Å². The Morgan fingerprint density at radius 1 is 0.490 bits per heavy atom. The largest absolute Gasteiger partial charge is 0.256 e. The first-order valence-electron chi connectivity index (χ1n) is 17.2. The lowest BCUT2D eigenvalue weighted by molar-refractivity contribution is 1.19. The van der Waals surface area contributed by atoms with E-state index in [0.29, 0.717) is 5.82 Å². The van der Waals surface area contributed by atoms with Gasteiger partial charge in [-0.25, -0.2) is 9.97 Å². The van der Waals surface area contributed by atoms with E-state index in [1.807, 2.05) is 24.4 Å². The zero-order valence-electron chi connectivity index (χ0n) is 28.2. The number of fused-ring (bicyclic) bond motifs is 5. The molecule has 9 rings (SSSR count). The predicted molar refractivity (Wildman–Crippen MR) is 216 cm³/mol. The van der Waals surface area contributed by atoms with Crippen molar-refractivity contribution in [2.24, 2.45) is 0 Å². The summed E-state index contributed by atoms with van der Waals surface area (Å²) in [5.74, 6) is 0.672. The Balaban J connectivity index is 1.27. The normalized spacial score (nSPS) is 11.6. The van der Waals surface area contributed by atoms with Gasteiger partial charge in [-0.3, -0.25) is 4.98 Å². The van der Waals surface area contributed by atoms with Crippen LogP contribution in [-0.4, -0.2) is 15.0 Å². The van der Waals surface area contributed by atoms with Gasteiger partial charge in [0.2, 0.25) is 0 Å². The Morgan fingerprint density at radius 2 is 1.06 bits per heavy atom. The molecule has 0 aliphatic carbocycles. The van der Waals surface area contributed by atoms with E-state index < -0.39 is 0 Å². The lowest BCUT2D eigenvalue weighted by atomic mass is 9.92. The second-order valence-electron chi connectivity index (χ2n) is 12.9. The summed E-state index contributed by atoms with van der Waals surface area (Å²) in [6, 6.07) is 51.4. The average molecular weight is 652 g/mol. The fourth-order valence-corrected chi connectivity index (χ4v) is 7.25. The van der Waals surface area contributed by atoms with Gasteiger partial charge in [-0.1, -0.05) is 146 Å². The predicted octanol–water partition coefficient (Wildman–Crippen LogP) is 12.7. The van der Waals surface area contributed by atoms with E-state index >= 15 is 0 Å². The average Bonchev–Trinajstić information content (AvgIpc) is 3.20. The van der Waals surface area contributed by atoms with Gasteiger partial charge in [0, 0.05) is 33.8 Å². The summed E-state index contributed by atoms with van der Waals surface area (Å²) in [6.45, 7) is 6.09. The van der Waals surface area contributed by atoms with E-state index in [2.05, 4.69) is 159 Å². The van der Waals surface area contributed by atoms with E-state index in [4.69, 9.17) is 15.0 Å². The number of pyridine rings is 1. The third kappa shape index (κ3) is 5.46. The first-order valence-corrected chi connectivity index (χ1v) is 17.2. The van der Waals surface area contributed by atoms with Crippen molar-refractivity contribution in [3.05, 3.63) is 182 Å². The maximum atomic E-state index is 5.32. The van der Waals surface area contributed by atoms with Crippen molar-refractivity contribution in [3.63, 3.8) is 0 Å². The highest BCUT2D eigenvalue weighted by atomic mass is 14.9. The monoisotopic (exact) mass is 651 g/mol. The topological polar surface area (TPSA) is 38.7 Å². The molecule has 3 nitrogen and oxygen atoms in total. The van der Waals surface area contributed by atoms with Crippen molar-refractivity contribution in [1.29, 1.82) is 0 Å². The Morgan fingerprint density at radius 3 is 1.78 bits per heavy atom. The summed E-state index contributed by atoms with van der Waals surface area (Å²) >= 11 is 0. The van der Waals surface area contributed by atoms with Gasteiger partial charge >= 0.3 is 0 Å². The number of aryl methyl sites for hydroxylation is 1.